The quantitative estimate of drug-likeness (QED) is 0.876. The lowest BCUT2D eigenvalue weighted by Crippen LogP contribution is -2.27. The van der Waals surface area contributed by atoms with Crippen LogP contribution in [0.5, 0.6) is 0 Å². The molecule has 104 valence electrons. The third-order valence-electron chi connectivity index (χ3n) is 2.52. The van der Waals surface area contributed by atoms with Crippen molar-refractivity contribution in [3.05, 3.63) is 40.9 Å². The molecule has 1 aromatic heterocycles. The molecule has 0 spiro atoms. The molecule has 2 rings (SSSR count). The molecular weight excluding hydrogens is 276 g/mol. The van der Waals surface area contributed by atoms with Crippen molar-refractivity contribution in [1.29, 1.82) is 0 Å². The lowest BCUT2D eigenvalue weighted by atomic mass is 10.1. The summed E-state index contributed by atoms with van der Waals surface area (Å²) in [6.45, 7) is 2.20. The Morgan fingerprint density at radius 1 is 1.35 bits per heavy atom. The Labute approximate surface area is 120 Å². The molecule has 2 amide bonds. The molecule has 0 aliphatic rings. The standard InChI is InChI=1S/C13H14N4O2S/c1-9-3-2-4-10(7-9)12(19)14-6-5-11(18)16-13-17-15-8-20-13/h2-4,7-8H,5-6H2,1H3,(H,14,19)(H,16,17,18). The first-order valence-electron chi connectivity index (χ1n) is 6.06. The van der Waals surface area contributed by atoms with Crippen molar-refractivity contribution < 1.29 is 9.59 Å². The highest BCUT2D eigenvalue weighted by Crippen LogP contribution is 2.08. The Morgan fingerprint density at radius 2 is 2.20 bits per heavy atom. The van der Waals surface area contributed by atoms with Crippen molar-refractivity contribution in [1.82, 2.24) is 15.5 Å². The van der Waals surface area contributed by atoms with Crippen LogP contribution in [0.4, 0.5) is 5.13 Å². The normalized spacial score (nSPS) is 10.1. The first-order chi connectivity index (χ1) is 9.65. The van der Waals surface area contributed by atoms with Crippen LogP contribution >= 0.6 is 11.3 Å². The average molecular weight is 290 g/mol. The Morgan fingerprint density at radius 3 is 2.90 bits per heavy atom. The third kappa shape index (κ3) is 4.13. The zero-order valence-electron chi connectivity index (χ0n) is 10.9. The van der Waals surface area contributed by atoms with Crippen LogP contribution in [0, 0.1) is 6.92 Å². The molecule has 0 saturated carbocycles. The zero-order chi connectivity index (χ0) is 14.4. The average Bonchev–Trinajstić information content (AvgIpc) is 2.91. The Bertz CT molecular complexity index is 598. The molecule has 0 radical (unpaired) electrons. The number of aromatic nitrogens is 2. The number of benzene rings is 1. The van der Waals surface area contributed by atoms with Gasteiger partial charge in [0, 0.05) is 18.5 Å². The summed E-state index contributed by atoms with van der Waals surface area (Å²) in [7, 11) is 0. The highest BCUT2D eigenvalue weighted by Gasteiger charge is 2.07. The summed E-state index contributed by atoms with van der Waals surface area (Å²) >= 11 is 1.25. The fourth-order valence-electron chi connectivity index (χ4n) is 1.59. The van der Waals surface area contributed by atoms with Crippen molar-refractivity contribution in [2.45, 2.75) is 13.3 Å². The molecule has 0 bridgehead atoms. The Balaban J connectivity index is 1.75. The second-order valence-corrected chi connectivity index (χ2v) is 5.00. The Hall–Kier alpha value is -2.28. The molecule has 7 heteroatoms. The second kappa shape index (κ2) is 6.76. The minimum absolute atomic E-state index is 0.183. The molecule has 0 atom stereocenters. The second-order valence-electron chi connectivity index (χ2n) is 4.17. The van der Waals surface area contributed by atoms with E-state index in [4.69, 9.17) is 0 Å². The van der Waals surface area contributed by atoms with E-state index in [1.807, 2.05) is 19.1 Å². The van der Waals surface area contributed by atoms with Gasteiger partial charge in [-0.1, -0.05) is 29.0 Å². The predicted octanol–water partition coefficient (Wildman–Crippen LogP) is 1.61. The van der Waals surface area contributed by atoms with E-state index in [9.17, 15) is 9.59 Å². The van der Waals surface area contributed by atoms with Crippen molar-refractivity contribution in [3.63, 3.8) is 0 Å². The van der Waals surface area contributed by atoms with Crippen molar-refractivity contribution in [2.24, 2.45) is 0 Å². The minimum atomic E-state index is -0.203. The largest absolute Gasteiger partial charge is 0.352 e. The number of rotatable bonds is 5. The molecular formula is C13H14N4O2S. The smallest absolute Gasteiger partial charge is 0.251 e. The number of hydrogen-bond donors (Lipinski definition) is 2. The lowest BCUT2D eigenvalue weighted by Gasteiger charge is -2.05. The number of nitrogens with one attached hydrogen (secondary N) is 2. The summed E-state index contributed by atoms with van der Waals surface area (Å²) < 4.78 is 0. The topological polar surface area (TPSA) is 84.0 Å². The summed E-state index contributed by atoms with van der Waals surface area (Å²) in [5.74, 6) is -0.385. The van der Waals surface area contributed by atoms with Crippen LogP contribution in [-0.4, -0.2) is 28.6 Å². The van der Waals surface area contributed by atoms with Gasteiger partial charge in [-0.15, -0.1) is 10.2 Å². The van der Waals surface area contributed by atoms with E-state index in [1.165, 1.54) is 16.8 Å². The number of nitrogens with zero attached hydrogens (tertiary/aromatic N) is 2. The number of amides is 2. The lowest BCUT2D eigenvalue weighted by molar-refractivity contribution is -0.116. The van der Waals surface area contributed by atoms with Gasteiger partial charge in [0.05, 0.1) is 0 Å². The van der Waals surface area contributed by atoms with Crippen LogP contribution in [0.25, 0.3) is 0 Å². The van der Waals surface area contributed by atoms with Gasteiger partial charge in [0.15, 0.2) is 0 Å². The van der Waals surface area contributed by atoms with Gasteiger partial charge in [0.2, 0.25) is 11.0 Å². The number of carbonyl (C=O) groups excluding carboxylic acids is 2. The van der Waals surface area contributed by atoms with Crippen molar-refractivity contribution in [3.8, 4) is 0 Å². The number of carbonyl (C=O) groups is 2. The van der Waals surface area contributed by atoms with Gasteiger partial charge in [0.25, 0.3) is 5.91 Å². The van der Waals surface area contributed by atoms with E-state index in [0.29, 0.717) is 10.7 Å². The van der Waals surface area contributed by atoms with Crippen molar-refractivity contribution in [2.75, 3.05) is 11.9 Å². The first-order valence-corrected chi connectivity index (χ1v) is 6.94. The van der Waals surface area contributed by atoms with Crippen LogP contribution in [0.1, 0.15) is 22.3 Å². The number of hydrogen-bond acceptors (Lipinski definition) is 5. The summed E-state index contributed by atoms with van der Waals surface area (Å²) in [5.41, 5.74) is 3.15. The highest BCUT2D eigenvalue weighted by atomic mass is 32.1. The summed E-state index contributed by atoms with van der Waals surface area (Å²) in [6.07, 6.45) is 0.192. The van der Waals surface area contributed by atoms with E-state index in [2.05, 4.69) is 20.8 Å². The van der Waals surface area contributed by atoms with E-state index >= 15 is 0 Å². The molecule has 6 nitrogen and oxygen atoms in total. The fourth-order valence-corrected chi connectivity index (χ4v) is 2.05. The summed E-state index contributed by atoms with van der Waals surface area (Å²) in [5, 5.41) is 13.1. The van der Waals surface area contributed by atoms with E-state index in [1.54, 1.807) is 12.1 Å². The molecule has 0 unspecified atom stereocenters. The SMILES string of the molecule is Cc1cccc(C(=O)NCCC(=O)Nc2nncs2)c1. The van der Waals surface area contributed by atoms with Gasteiger partial charge in [-0.25, -0.2) is 0 Å². The van der Waals surface area contributed by atoms with Gasteiger partial charge < -0.3 is 10.6 Å². The van der Waals surface area contributed by atoms with E-state index < -0.39 is 0 Å². The van der Waals surface area contributed by atoms with Crippen LogP contribution in [-0.2, 0) is 4.79 Å². The van der Waals surface area contributed by atoms with Gasteiger partial charge in [0.1, 0.15) is 5.51 Å². The van der Waals surface area contributed by atoms with Crippen LogP contribution in [0.3, 0.4) is 0 Å². The molecule has 0 fully saturated rings. The molecule has 2 aromatic rings. The molecule has 0 aliphatic carbocycles. The van der Waals surface area contributed by atoms with Gasteiger partial charge in [-0.3, -0.25) is 9.59 Å². The minimum Gasteiger partial charge on any atom is -0.352 e. The monoisotopic (exact) mass is 290 g/mol. The van der Waals surface area contributed by atoms with Gasteiger partial charge >= 0.3 is 0 Å². The predicted molar refractivity (Wildman–Crippen MR) is 76.7 cm³/mol. The maximum absolute atomic E-state index is 11.8. The maximum Gasteiger partial charge on any atom is 0.251 e. The van der Waals surface area contributed by atoms with Crippen molar-refractivity contribution >= 4 is 28.3 Å². The maximum atomic E-state index is 11.8. The first kappa shape index (κ1) is 14.1. The molecule has 2 N–H and O–H groups in total. The Kier molecular flexibility index (Phi) is 4.78. The summed E-state index contributed by atoms with van der Waals surface area (Å²) in [4.78, 5) is 23.4. The number of aryl methyl sites for hydroxylation is 1. The molecule has 1 aromatic carbocycles. The highest BCUT2D eigenvalue weighted by molar-refractivity contribution is 7.13. The molecule has 20 heavy (non-hydrogen) atoms. The van der Waals surface area contributed by atoms with E-state index in [0.717, 1.165) is 5.56 Å². The van der Waals surface area contributed by atoms with Crippen LogP contribution in [0.2, 0.25) is 0 Å². The third-order valence-corrected chi connectivity index (χ3v) is 3.13. The molecule has 0 saturated heterocycles. The molecule has 0 aliphatic heterocycles. The van der Waals surface area contributed by atoms with Crippen LogP contribution in [0.15, 0.2) is 29.8 Å². The van der Waals surface area contributed by atoms with Gasteiger partial charge in [-0.05, 0) is 19.1 Å². The van der Waals surface area contributed by atoms with E-state index in [-0.39, 0.29) is 24.8 Å². The fraction of sp³-hybridized carbons (Fsp3) is 0.231. The van der Waals surface area contributed by atoms with Crippen LogP contribution < -0.4 is 10.6 Å². The number of anilines is 1. The van der Waals surface area contributed by atoms with Gasteiger partial charge in [-0.2, -0.15) is 0 Å². The summed E-state index contributed by atoms with van der Waals surface area (Å²) in [6, 6.07) is 7.29. The zero-order valence-corrected chi connectivity index (χ0v) is 11.7. The molecule has 1 heterocycles.